The number of aliphatic hydroxyl groups is 1. The van der Waals surface area contributed by atoms with Crippen LogP contribution < -0.4 is 9.64 Å². The van der Waals surface area contributed by atoms with Gasteiger partial charge in [-0.25, -0.2) is 0 Å². The van der Waals surface area contributed by atoms with Crippen molar-refractivity contribution in [2.24, 2.45) is 17.3 Å². The van der Waals surface area contributed by atoms with E-state index in [9.17, 15) is 5.11 Å². The minimum Gasteiger partial charge on any atom is -0.497 e. The maximum Gasteiger partial charge on any atom is 0.120 e. The number of piperazine rings is 1. The second kappa shape index (κ2) is 8.66. The standard InChI is InChI=1S/C24H36N2O3/c1-24(2)19-8-7-18(23(24)13-19)16-29-17-21(27)15-25-9-11-26(12-10-25)20-5-4-6-22(14-20)28-3/h4-7,14,19,21,23,27H,8-13,15-17H2,1-3H3/t19-,21-,23-/m0/s1. The van der Waals surface area contributed by atoms with E-state index in [1.807, 2.05) is 12.1 Å². The molecule has 5 heteroatoms. The zero-order valence-corrected chi connectivity index (χ0v) is 18.1. The first-order chi connectivity index (χ1) is 14.0. The van der Waals surface area contributed by atoms with Crippen molar-refractivity contribution < 1.29 is 14.6 Å². The monoisotopic (exact) mass is 400 g/mol. The molecule has 0 spiro atoms. The number of nitrogens with zero attached hydrogens (tertiary/aromatic N) is 2. The number of allylic oxidation sites excluding steroid dienone is 1. The average Bonchev–Trinajstić information content (AvgIpc) is 2.74. The molecular formula is C24H36N2O3. The third kappa shape index (κ3) is 4.47. The number of anilines is 1. The Labute approximate surface area is 175 Å². The molecule has 0 radical (unpaired) electrons. The van der Waals surface area contributed by atoms with Crippen LogP contribution in [0.3, 0.4) is 0 Å². The molecule has 1 heterocycles. The molecule has 1 N–H and O–H groups in total. The number of rotatable bonds is 8. The lowest BCUT2D eigenvalue weighted by Crippen LogP contribution is -2.49. The first-order valence-corrected chi connectivity index (χ1v) is 11.0. The Balaban J connectivity index is 1.17. The summed E-state index contributed by atoms with van der Waals surface area (Å²) in [4.78, 5) is 4.72. The summed E-state index contributed by atoms with van der Waals surface area (Å²) in [5.41, 5.74) is 3.10. The van der Waals surface area contributed by atoms with E-state index in [4.69, 9.17) is 9.47 Å². The summed E-state index contributed by atoms with van der Waals surface area (Å²) >= 11 is 0. The summed E-state index contributed by atoms with van der Waals surface area (Å²) in [7, 11) is 1.70. The molecule has 1 aliphatic heterocycles. The average molecular weight is 401 g/mol. The van der Waals surface area contributed by atoms with Crippen LogP contribution in [0.5, 0.6) is 5.75 Å². The molecular weight excluding hydrogens is 364 g/mol. The van der Waals surface area contributed by atoms with Gasteiger partial charge < -0.3 is 19.5 Å². The van der Waals surface area contributed by atoms with Gasteiger partial charge in [0.05, 0.1) is 26.4 Å². The molecule has 0 aromatic heterocycles. The molecule has 1 saturated carbocycles. The molecule has 160 valence electrons. The van der Waals surface area contributed by atoms with Gasteiger partial charge in [0.15, 0.2) is 0 Å². The van der Waals surface area contributed by atoms with E-state index in [1.165, 1.54) is 24.1 Å². The first kappa shape index (κ1) is 20.7. The second-order valence-electron chi connectivity index (χ2n) is 9.48. The lowest BCUT2D eigenvalue weighted by molar-refractivity contribution is -0.0262. The normalized spacial score (nSPS) is 27.2. The predicted octanol–water partition coefficient (Wildman–Crippen LogP) is 3.19. The third-order valence-electron chi connectivity index (χ3n) is 7.42. The number of fused-ring (bicyclic) bond motifs is 1. The van der Waals surface area contributed by atoms with E-state index in [0.717, 1.165) is 37.8 Å². The van der Waals surface area contributed by atoms with E-state index in [2.05, 4.69) is 41.9 Å². The van der Waals surface area contributed by atoms with E-state index in [-0.39, 0.29) is 0 Å². The molecule has 0 unspecified atom stereocenters. The van der Waals surface area contributed by atoms with Crippen LogP contribution in [0.2, 0.25) is 0 Å². The fraction of sp³-hybridized carbons (Fsp3) is 0.667. The predicted molar refractivity (Wildman–Crippen MR) is 117 cm³/mol. The van der Waals surface area contributed by atoms with Gasteiger partial charge in [-0.1, -0.05) is 26.0 Å². The second-order valence-corrected chi connectivity index (χ2v) is 9.48. The highest BCUT2D eigenvalue weighted by atomic mass is 16.5. The Kier molecular flexibility index (Phi) is 6.19. The summed E-state index contributed by atoms with van der Waals surface area (Å²) in [6.07, 6.45) is 4.48. The number of methoxy groups -OCH3 is 1. The largest absolute Gasteiger partial charge is 0.497 e. The van der Waals surface area contributed by atoms with E-state index >= 15 is 0 Å². The fourth-order valence-corrected chi connectivity index (χ4v) is 5.30. The van der Waals surface area contributed by atoms with Crippen molar-refractivity contribution in [3.63, 3.8) is 0 Å². The summed E-state index contributed by atoms with van der Waals surface area (Å²) in [5.74, 6) is 2.44. The van der Waals surface area contributed by atoms with Crippen LogP contribution in [0, 0.1) is 17.3 Å². The molecule has 3 aliphatic carbocycles. The Morgan fingerprint density at radius 2 is 2.00 bits per heavy atom. The zero-order chi connectivity index (χ0) is 20.4. The van der Waals surface area contributed by atoms with Gasteiger partial charge in [0.25, 0.3) is 0 Å². The molecule has 4 aliphatic rings. The van der Waals surface area contributed by atoms with Gasteiger partial charge in [-0.05, 0) is 47.8 Å². The van der Waals surface area contributed by atoms with Gasteiger partial charge >= 0.3 is 0 Å². The molecule has 29 heavy (non-hydrogen) atoms. The van der Waals surface area contributed by atoms with E-state index in [0.29, 0.717) is 31.1 Å². The number of hydrogen-bond donors (Lipinski definition) is 1. The van der Waals surface area contributed by atoms with Gasteiger partial charge in [-0.15, -0.1) is 0 Å². The Bertz CT molecular complexity index is 725. The third-order valence-corrected chi connectivity index (χ3v) is 7.42. The van der Waals surface area contributed by atoms with Gasteiger partial charge in [-0.3, -0.25) is 4.90 Å². The van der Waals surface area contributed by atoms with Crippen LogP contribution >= 0.6 is 0 Å². The van der Waals surface area contributed by atoms with Crippen LogP contribution in [0.25, 0.3) is 0 Å². The molecule has 2 bridgehead atoms. The highest BCUT2D eigenvalue weighted by molar-refractivity contribution is 5.51. The fourth-order valence-electron chi connectivity index (χ4n) is 5.30. The molecule has 5 nitrogen and oxygen atoms in total. The minimum atomic E-state index is -0.426. The highest BCUT2D eigenvalue weighted by Gasteiger charge is 2.50. The maximum absolute atomic E-state index is 10.4. The van der Waals surface area contributed by atoms with Crippen molar-refractivity contribution in [3.8, 4) is 5.75 Å². The maximum atomic E-state index is 10.4. The van der Waals surface area contributed by atoms with Gasteiger partial charge in [0.2, 0.25) is 0 Å². The first-order valence-electron chi connectivity index (χ1n) is 11.0. The van der Waals surface area contributed by atoms with Crippen molar-refractivity contribution in [1.29, 1.82) is 0 Å². The summed E-state index contributed by atoms with van der Waals surface area (Å²) in [6, 6.07) is 8.23. The van der Waals surface area contributed by atoms with Crippen LogP contribution in [-0.2, 0) is 4.74 Å². The Morgan fingerprint density at radius 3 is 2.69 bits per heavy atom. The summed E-state index contributed by atoms with van der Waals surface area (Å²) < 4.78 is 11.2. The molecule has 0 amide bonds. The molecule has 5 rings (SSSR count). The molecule has 1 saturated heterocycles. The molecule has 1 aromatic rings. The van der Waals surface area contributed by atoms with Crippen LogP contribution in [0.15, 0.2) is 35.9 Å². The van der Waals surface area contributed by atoms with Crippen molar-refractivity contribution in [1.82, 2.24) is 4.90 Å². The Hall–Kier alpha value is -1.56. The highest BCUT2D eigenvalue weighted by Crippen LogP contribution is 2.59. The lowest BCUT2D eigenvalue weighted by atomic mass is 9.49. The topological polar surface area (TPSA) is 45.2 Å². The van der Waals surface area contributed by atoms with Gasteiger partial charge in [-0.2, -0.15) is 0 Å². The van der Waals surface area contributed by atoms with Gasteiger partial charge in [0.1, 0.15) is 5.75 Å². The molecule has 3 atom stereocenters. The van der Waals surface area contributed by atoms with Crippen molar-refractivity contribution in [2.45, 2.75) is 32.8 Å². The van der Waals surface area contributed by atoms with Crippen molar-refractivity contribution in [3.05, 3.63) is 35.9 Å². The van der Waals surface area contributed by atoms with Crippen LogP contribution in [-0.4, -0.2) is 69.2 Å². The quantitative estimate of drug-likeness (QED) is 0.679. The SMILES string of the molecule is COc1cccc(N2CCN(C[C@H](O)COCC3=CC[C@H]4C[C@@H]3C4(C)C)CC2)c1. The van der Waals surface area contributed by atoms with Crippen molar-refractivity contribution >= 4 is 5.69 Å². The number of ether oxygens (including phenoxy) is 2. The number of β-amino-alcohol motifs (C(OH)–C–C–N with tert-alkyl or cyclic N) is 1. The number of hydrogen-bond acceptors (Lipinski definition) is 5. The number of aliphatic hydroxyl groups excluding tert-OH is 1. The van der Waals surface area contributed by atoms with E-state index in [1.54, 1.807) is 7.11 Å². The van der Waals surface area contributed by atoms with Gasteiger partial charge in [0, 0.05) is 44.5 Å². The Morgan fingerprint density at radius 1 is 1.21 bits per heavy atom. The summed E-state index contributed by atoms with van der Waals surface area (Å²) in [6.45, 7) is 10.4. The van der Waals surface area contributed by atoms with E-state index < -0.39 is 6.10 Å². The number of benzene rings is 1. The molecule has 2 fully saturated rings. The minimum absolute atomic E-state index is 0.421. The van der Waals surface area contributed by atoms with Crippen LogP contribution in [0.1, 0.15) is 26.7 Å². The smallest absolute Gasteiger partial charge is 0.120 e. The molecule has 1 aromatic carbocycles. The lowest BCUT2D eigenvalue weighted by Gasteiger charge is -2.56. The van der Waals surface area contributed by atoms with Crippen LogP contribution in [0.4, 0.5) is 5.69 Å². The zero-order valence-electron chi connectivity index (χ0n) is 18.1. The van der Waals surface area contributed by atoms with Crippen molar-refractivity contribution in [2.75, 3.05) is 57.9 Å². The summed E-state index contributed by atoms with van der Waals surface area (Å²) in [5, 5.41) is 10.4.